The second-order valence-corrected chi connectivity index (χ2v) is 4.83. The second-order valence-electron chi connectivity index (χ2n) is 4.83. The van der Waals surface area contributed by atoms with Crippen molar-refractivity contribution in [3.8, 4) is 0 Å². The molecule has 0 bridgehead atoms. The highest BCUT2D eigenvalue weighted by molar-refractivity contribution is 5.71. The van der Waals surface area contributed by atoms with E-state index in [1.54, 1.807) is 0 Å². The van der Waals surface area contributed by atoms with Crippen LogP contribution in [0.5, 0.6) is 0 Å². The van der Waals surface area contributed by atoms with Gasteiger partial charge in [0.1, 0.15) is 0 Å². The summed E-state index contributed by atoms with van der Waals surface area (Å²) in [5.74, 6) is -0.416. The lowest BCUT2D eigenvalue weighted by Crippen LogP contribution is -2.30. The first-order chi connectivity index (χ1) is 7.66. The molecule has 0 spiro atoms. The first-order valence-electron chi connectivity index (χ1n) is 5.95. The fourth-order valence-electron chi connectivity index (χ4n) is 2.28. The summed E-state index contributed by atoms with van der Waals surface area (Å²) in [4.78, 5) is 11.2. The molecule has 0 heterocycles. The smallest absolute Gasteiger partial charge is 0.307 e. The van der Waals surface area contributed by atoms with Crippen LogP contribution in [0.15, 0.2) is 24.3 Å². The summed E-state index contributed by atoms with van der Waals surface area (Å²) >= 11 is 0. The van der Waals surface area contributed by atoms with E-state index in [9.17, 15) is 9.90 Å². The quantitative estimate of drug-likeness (QED) is 0.843. The number of carboxylic acids is 1. The van der Waals surface area contributed by atoms with Crippen LogP contribution in [0.2, 0.25) is 0 Å². The van der Waals surface area contributed by atoms with Crippen molar-refractivity contribution in [2.45, 2.75) is 32.6 Å². The minimum Gasteiger partial charge on any atom is -0.481 e. The highest BCUT2D eigenvalue weighted by atomic mass is 16.4. The summed E-state index contributed by atoms with van der Waals surface area (Å²) in [6.07, 6.45) is 4.05. The average molecular weight is 218 g/mol. The fraction of sp³-hybridized carbons (Fsp3) is 0.500. The van der Waals surface area contributed by atoms with Gasteiger partial charge in [-0.1, -0.05) is 36.2 Å². The third-order valence-electron chi connectivity index (χ3n) is 3.61. The molecule has 2 heteroatoms. The van der Waals surface area contributed by atoms with Gasteiger partial charge in [0.15, 0.2) is 0 Å². The van der Waals surface area contributed by atoms with E-state index in [0.717, 1.165) is 18.4 Å². The van der Waals surface area contributed by atoms with Crippen molar-refractivity contribution in [3.05, 3.63) is 35.4 Å². The van der Waals surface area contributed by atoms with Crippen LogP contribution in [-0.4, -0.2) is 11.1 Å². The van der Waals surface area contributed by atoms with E-state index in [4.69, 9.17) is 0 Å². The Kier molecular flexibility index (Phi) is 3.28. The number of benzene rings is 1. The monoisotopic (exact) mass is 218 g/mol. The van der Waals surface area contributed by atoms with Gasteiger partial charge in [0.25, 0.3) is 0 Å². The molecule has 1 saturated carbocycles. The Hall–Kier alpha value is -1.31. The minimum atomic E-state index is -0.634. The molecule has 0 amide bonds. The second kappa shape index (κ2) is 4.69. The van der Waals surface area contributed by atoms with E-state index in [1.807, 2.05) is 19.1 Å². The maximum atomic E-state index is 11.2. The standard InChI is InChI=1S/C14H18O2/c1-10-5-7-11(8-6-10)9-13(14(15)16)12-3-2-4-12/h5-8,12-13H,2-4,9H2,1H3,(H,15,16). The molecule has 2 nitrogen and oxygen atoms in total. The zero-order chi connectivity index (χ0) is 11.5. The Morgan fingerprint density at radius 1 is 1.38 bits per heavy atom. The van der Waals surface area contributed by atoms with Gasteiger partial charge in [-0.05, 0) is 37.7 Å². The Labute approximate surface area is 96.3 Å². The van der Waals surface area contributed by atoms with Crippen LogP contribution in [0.4, 0.5) is 0 Å². The van der Waals surface area contributed by atoms with Gasteiger partial charge in [0.05, 0.1) is 5.92 Å². The predicted octanol–water partition coefficient (Wildman–Crippen LogP) is 3.04. The average Bonchev–Trinajstić information content (AvgIpc) is 2.17. The van der Waals surface area contributed by atoms with Gasteiger partial charge in [0, 0.05) is 0 Å². The van der Waals surface area contributed by atoms with E-state index in [0.29, 0.717) is 12.3 Å². The number of aryl methyl sites for hydroxylation is 1. The lowest BCUT2D eigenvalue weighted by atomic mass is 9.73. The van der Waals surface area contributed by atoms with Gasteiger partial charge in [-0.3, -0.25) is 4.79 Å². The number of hydrogen-bond acceptors (Lipinski definition) is 1. The number of carbonyl (C=O) groups is 1. The number of hydrogen-bond donors (Lipinski definition) is 1. The zero-order valence-corrected chi connectivity index (χ0v) is 9.65. The Bertz CT molecular complexity index is 363. The summed E-state index contributed by atoms with van der Waals surface area (Å²) in [7, 11) is 0. The first-order valence-corrected chi connectivity index (χ1v) is 5.95. The molecule has 1 fully saturated rings. The minimum absolute atomic E-state index is 0.184. The van der Waals surface area contributed by atoms with Crippen LogP contribution in [0.3, 0.4) is 0 Å². The molecular formula is C14H18O2. The Balaban J connectivity index is 2.04. The number of aliphatic carboxylic acids is 1. The first kappa shape index (κ1) is 11.2. The lowest BCUT2D eigenvalue weighted by Gasteiger charge is -2.31. The fourth-order valence-corrected chi connectivity index (χ4v) is 2.28. The van der Waals surface area contributed by atoms with Crippen molar-refractivity contribution in [1.29, 1.82) is 0 Å². The van der Waals surface area contributed by atoms with Gasteiger partial charge in [-0.15, -0.1) is 0 Å². The van der Waals surface area contributed by atoms with E-state index in [1.165, 1.54) is 12.0 Å². The van der Waals surface area contributed by atoms with Gasteiger partial charge >= 0.3 is 5.97 Å². The zero-order valence-electron chi connectivity index (χ0n) is 9.65. The third-order valence-corrected chi connectivity index (χ3v) is 3.61. The van der Waals surface area contributed by atoms with Crippen LogP contribution in [0, 0.1) is 18.8 Å². The molecule has 1 atom stereocenters. The molecule has 1 aliphatic rings. The summed E-state index contributed by atoms with van der Waals surface area (Å²) < 4.78 is 0. The maximum Gasteiger partial charge on any atom is 0.307 e. The topological polar surface area (TPSA) is 37.3 Å². The van der Waals surface area contributed by atoms with Gasteiger partial charge < -0.3 is 5.11 Å². The van der Waals surface area contributed by atoms with E-state index < -0.39 is 5.97 Å². The van der Waals surface area contributed by atoms with E-state index in [2.05, 4.69) is 12.1 Å². The molecule has 2 rings (SSSR count). The van der Waals surface area contributed by atoms with Crippen molar-refractivity contribution in [2.24, 2.45) is 11.8 Å². The van der Waals surface area contributed by atoms with Crippen molar-refractivity contribution < 1.29 is 9.90 Å². The molecule has 1 aromatic carbocycles. The van der Waals surface area contributed by atoms with Crippen molar-refractivity contribution in [3.63, 3.8) is 0 Å². The molecular weight excluding hydrogens is 200 g/mol. The van der Waals surface area contributed by atoms with Crippen LogP contribution in [0.25, 0.3) is 0 Å². The van der Waals surface area contributed by atoms with Gasteiger partial charge in [0.2, 0.25) is 0 Å². The molecule has 0 radical (unpaired) electrons. The van der Waals surface area contributed by atoms with Crippen LogP contribution >= 0.6 is 0 Å². The normalized spacial score (nSPS) is 17.8. The predicted molar refractivity (Wildman–Crippen MR) is 63.3 cm³/mol. The Morgan fingerprint density at radius 3 is 2.44 bits per heavy atom. The number of carboxylic acid groups (broad SMARTS) is 1. The molecule has 1 unspecified atom stereocenters. The molecule has 0 aromatic heterocycles. The van der Waals surface area contributed by atoms with Crippen molar-refractivity contribution >= 4 is 5.97 Å². The summed E-state index contributed by atoms with van der Waals surface area (Å²) in [6, 6.07) is 8.19. The third kappa shape index (κ3) is 2.43. The Morgan fingerprint density at radius 2 is 2.00 bits per heavy atom. The van der Waals surface area contributed by atoms with Crippen LogP contribution < -0.4 is 0 Å². The van der Waals surface area contributed by atoms with E-state index in [-0.39, 0.29) is 5.92 Å². The molecule has 1 aliphatic carbocycles. The SMILES string of the molecule is Cc1ccc(CC(C(=O)O)C2CCC2)cc1. The lowest BCUT2D eigenvalue weighted by molar-refractivity contribution is -0.144. The van der Waals surface area contributed by atoms with E-state index >= 15 is 0 Å². The molecule has 1 N–H and O–H groups in total. The summed E-state index contributed by atoms with van der Waals surface area (Å²) in [5, 5.41) is 9.22. The molecule has 86 valence electrons. The van der Waals surface area contributed by atoms with Crippen LogP contribution in [-0.2, 0) is 11.2 Å². The van der Waals surface area contributed by atoms with Crippen LogP contribution in [0.1, 0.15) is 30.4 Å². The molecule has 0 saturated heterocycles. The van der Waals surface area contributed by atoms with Gasteiger partial charge in [-0.25, -0.2) is 0 Å². The van der Waals surface area contributed by atoms with Crippen molar-refractivity contribution in [2.75, 3.05) is 0 Å². The molecule has 1 aromatic rings. The largest absolute Gasteiger partial charge is 0.481 e. The number of rotatable bonds is 4. The molecule has 0 aliphatic heterocycles. The molecule has 16 heavy (non-hydrogen) atoms. The highest BCUT2D eigenvalue weighted by Crippen LogP contribution is 2.35. The van der Waals surface area contributed by atoms with Gasteiger partial charge in [-0.2, -0.15) is 0 Å². The van der Waals surface area contributed by atoms with Crippen molar-refractivity contribution in [1.82, 2.24) is 0 Å². The summed E-state index contributed by atoms with van der Waals surface area (Å²) in [5.41, 5.74) is 2.36. The highest BCUT2D eigenvalue weighted by Gasteiger charge is 2.32. The maximum absolute atomic E-state index is 11.2. The summed E-state index contributed by atoms with van der Waals surface area (Å²) in [6.45, 7) is 2.05.